The van der Waals surface area contributed by atoms with E-state index in [9.17, 15) is 15.0 Å². The molecule has 1 aromatic carbocycles. The molecule has 0 aliphatic heterocycles. The number of pyridine rings is 1. The van der Waals surface area contributed by atoms with Gasteiger partial charge in [-0.2, -0.15) is 0 Å². The van der Waals surface area contributed by atoms with E-state index in [0.717, 1.165) is 33.1 Å². The third-order valence-corrected chi connectivity index (χ3v) is 7.63. The molecule has 2 aromatic heterocycles. The Morgan fingerprint density at radius 2 is 1.84 bits per heavy atom. The topological polar surface area (TPSA) is 95.3 Å². The van der Waals surface area contributed by atoms with E-state index in [2.05, 4.69) is 40.4 Å². The number of hydrogen-bond acceptors (Lipinski definition) is 6. The first kappa shape index (κ1) is 22.4. The molecule has 1 saturated carbocycles. The highest BCUT2D eigenvalue weighted by Gasteiger charge is 2.40. The fourth-order valence-electron chi connectivity index (χ4n) is 4.47. The molecule has 6 nitrogen and oxygen atoms in total. The average molecular weight is 452 g/mol. The molecule has 168 valence electrons. The molecule has 7 heteroatoms. The van der Waals surface area contributed by atoms with Crippen LogP contribution < -0.4 is 5.32 Å². The minimum atomic E-state index is -1.07. The lowest BCUT2D eigenvalue weighted by molar-refractivity contribution is -0.144. The molecule has 0 saturated heterocycles. The summed E-state index contributed by atoms with van der Waals surface area (Å²) in [5.41, 5.74) is 3.18. The third kappa shape index (κ3) is 4.84. The Labute approximate surface area is 192 Å². The number of benzene rings is 1. The summed E-state index contributed by atoms with van der Waals surface area (Å²) in [5.74, 6) is -0.218. The van der Waals surface area contributed by atoms with Crippen molar-refractivity contribution in [3.8, 4) is 10.4 Å². The van der Waals surface area contributed by atoms with Crippen molar-refractivity contribution in [2.75, 3.05) is 5.32 Å². The first-order valence-corrected chi connectivity index (χ1v) is 11.8. The van der Waals surface area contributed by atoms with E-state index in [1.54, 1.807) is 6.20 Å². The molecule has 1 unspecified atom stereocenters. The summed E-state index contributed by atoms with van der Waals surface area (Å²) in [4.78, 5) is 21.2. The van der Waals surface area contributed by atoms with Crippen molar-refractivity contribution in [2.24, 2.45) is 11.8 Å². The second-order valence-electron chi connectivity index (χ2n) is 9.00. The molecule has 0 amide bonds. The minimum absolute atomic E-state index is 0.0132. The Morgan fingerprint density at radius 3 is 2.53 bits per heavy atom. The zero-order valence-electron chi connectivity index (χ0n) is 18.6. The van der Waals surface area contributed by atoms with Gasteiger partial charge < -0.3 is 15.5 Å². The molecular formula is C25H29N3O3S. The van der Waals surface area contributed by atoms with Crippen molar-refractivity contribution in [1.29, 1.82) is 0 Å². The predicted molar refractivity (Wildman–Crippen MR) is 127 cm³/mol. The summed E-state index contributed by atoms with van der Waals surface area (Å²) in [7, 11) is 0. The first-order valence-electron chi connectivity index (χ1n) is 11.0. The van der Waals surface area contributed by atoms with Crippen molar-refractivity contribution in [3.63, 3.8) is 0 Å². The van der Waals surface area contributed by atoms with Crippen LogP contribution >= 0.6 is 11.3 Å². The van der Waals surface area contributed by atoms with Crippen LogP contribution in [0.2, 0.25) is 0 Å². The molecule has 1 fully saturated rings. The maximum atomic E-state index is 11.3. The van der Waals surface area contributed by atoms with Crippen molar-refractivity contribution >= 4 is 28.8 Å². The molecular weight excluding hydrogens is 422 g/mol. The number of thiazole rings is 1. The summed E-state index contributed by atoms with van der Waals surface area (Å²) in [6, 6.07) is 10.2. The zero-order valence-corrected chi connectivity index (χ0v) is 19.4. The highest BCUT2D eigenvalue weighted by molar-refractivity contribution is 7.15. The van der Waals surface area contributed by atoms with Gasteiger partial charge in [0, 0.05) is 18.1 Å². The van der Waals surface area contributed by atoms with E-state index < -0.39 is 11.6 Å². The lowest BCUT2D eigenvalue weighted by Gasteiger charge is -2.35. The summed E-state index contributed by atoms with van der Waals surface area (Å²) in [6.45, 7) is 5.90. The summed E-state index contributed by atoms with van der Waals surface area (Å²) in [5, 5.41) is 24.6. The standard InChI is InChI=1S/C25H29N3O3S/c1-15-8-9-26-22(12-15)28-20-11-16(2)10-18(13-20)21-14-27-24(32-21)25(3,31)19-6-4-17(5-7-19)23(29)30/h8-14,17,19,31H,4-7H2,1-3H3,(H,26,28)(H,29,30). The second kappa shape index (κ2) is 9.00. The molecule has 32 heavy (non-hydrogen) atoms. The van der Waals surface area contributed by atoms with Crippen LogP contribution in [0.5, 0.6) is 0 Å². The molecule has 0 bridgehead atoms. The molecule has 1 aliphatic carbocycles. The van der Waals surface area contributed by atoms with Gasteiger partial charge in [-0.15, -0.1) is 11.3 Å². The average Bonchev–Trinajstić information content (AvgIpc) is 3.25. The number of aliphatic carboxylic acids is 1. The van der Waals surface area contributed by atoms with Crippen LogP contribution in [0.1, 0.15) is 48.7 Å². The van der Waals surface area contributed by atoms with Crippen molar-refractivity contribution in [1.82, 2.24) is 9.97 Å². The lowest BCUT2D eigenvalue weighted by atomic mass is 9.74. The number of aromatic nitrogens is 2. The number of hydrogen-bond donors (Lipinski definition) is 3. The normalized spacial score (nSPS) is 20.5. The summed E-state index contributed by atoms with van der Waals surface area (Å²) >= 11 is 1.50. The first-order chi connectivity index (χ1) is 15.2. The van der Waals surface area contributed by atoms with E-state index in [1.165, 1.54) is 11.3 Å². The van der Waals surface area contributed by atoms with Gasteiger partial charge in [-0.1, -0.05) is 6.07 Å². The predicted octanol–water partition coefficient (Wildman–Crippen LogP) is 5.66. The van der Waals surface area contributed by atoms with E-state index in [4.69, 9.17) is 0 Å². The van der Waals surface area contributed by atoms with Gasteiger partial charge in [0.05, 0.1) is 10.8 Å². The molecule has 0 spiro atoms. The number of aryl methyl sites for hydroxylation is 2. The van der Waals surface area contributed by atoms with Crippen LogP contribution in [0.3, 0.4) is 0 Å². The van der Waals surface area contributed by atoms with Gasteiger partial charge in [0.25, 0.3) is 0 Å². The van der Waals surface area contributed by atoms with Gasteiger partial charge in [0.1, 0.15) is 16.4 Å². The number of nitrogens with zero attached hydrogens (tertiary/aromatic N) is 2. The van der Waals surface area contributed by atoms with Crippen molar-refractivity contribution < 1.29 is 15.0 Å². The number of anilines is 2. The zero-order chi connectivity index (χ0) is 22.9. The van der Waals surface area contributed by atoms with E-state index >= 15 is 0 Å². The Kier molecular flexibility index (Phi) is 6.31. The summed E-state index contributed by atoms with van der Waals surface area (Å²) < 4.78 is 0. The quantitative estimate of drug-likeness (QED) is 0.447. The van der Waals surface area contributed by atoms with Crippen molar-refractivity contribution in [2.45, 2.75) is 52.1 Å². The molecule has 1 atom stereocenters. The van der Waals surface area contributed by atoms with E-state index in [0.29, 0.717) is 30.7 Å². The molecule has 4 rings (SSSR count). The summed E-state index contributed by atoms with van der Waals surface area (Å²) in [6.07, 6.45) is 6.21. The fraction of sp³-hybridized carbons (Fsp3) is 0.400. The van der Waals surface area contributed by atoms with E-state index in [1.807, 2.05) is 32.2 Å². The van der Waals surface area contributed by atoms with Crippen LogP contribution in [0.25, 0.3) is 10.4 Å². The number of nitrogens with one attached hydrogen (secondary N) is 1. The smallest absolute Gasteiger partial charge is 0.306 e. The lowest BCUT2D eigenvalue weighted by Crippen LogP contribution is -2.35. The van der Waals surface area contributed by atoms with Gasteiger partial charge >= 0.3 is 5.97 Å². The molecule has 2 heterocycles. The van der Waals surface area contributed by atoms with Gasteiger partial charge in [0.15, 0.2) is 0 Å². The largest absolute Gasteiger partial charge is 0.481 e. The number of carboxylic acids is 1. The van der Waals surface area contributed by atoms with Crippen LogP contribution in [0.4, 0.5) is 11.5 Å². The maximum absolute atomic E-state index is 11.3. The highest BCUT2D eigenvalue weighted by Crippen LogP contribution is 2.43. The molecule has 3 N–H and O–H groups in total. The van der Waals surface area contributed by atoms with Gasteiger partial charge in [-0.05, 0) is 93.3 Å². The Morgan fingerprint density at radius 1 is 1.09 bits per heavy atom. The Bertz CT molecular complexity index is 1120. The van der Waals surface area contributed by atoms with E-state index in [-0.39, 0.29) is 11.8 Å². The Balaban J connectivity index is 1.54. The van der Waals surface area contributed by atoms with Crippen LogP contribution in [-0.4, -0.2) is 26.2 Å². The number of carboxylic acid groups (broad SMARTS) is 1. The number of carbonyl (C=O) groups is 1. The Hall–Kier alpha value is -2.77. The molecule has 1 aliphatic rings. The number of rotatable bonds is 6. The number of aliphatic hydroxyl groups is 1. The van der Waals surface area contributed by atoms with Gasteiger partial charge in [0.2, 0.25) is 0 Å². The van der Waals surface area contributed by atoms with Crippen molar-refractivity contribution in [3.05, 3.63) is 58.9 Å². The molecule has 3 aromatic rings. The monoisotopic (exact) mass is 451 g/mol. The fourth-order valence-corrected chi connectivity index (χ4v) is 5.50. The SMILES string of the molecule is Cc1cc(Nc2cc(C)ccn2)cc(-c2cnc(C(C)(O)C3CCC(C(=O)O)CC3)s2)c1. The van der Waals surface area contributed by atoms with Crippen LogP contribution in [0.15, 0.2) is 42.7 Å². The minimum Gasteiger partial charge on any atom is -0.481 e. The second-order valence-corrected chi connectivity index (χ2v) is 10.0. The highest BCUT2D eigenvalue weighted by atomic mass is 32.1. The van der Waals surface area contributed by atoms with Gasteiger partial charge in [-0.25, -0.2) is 9.97 Å². The van der Waals surface area contributed by atoms with Gasteiger partial charge in [-0.3, -0.25) is 4.79 Å². The van der Waals surface area contributed by atoms with Crippen LogP contribution in [0, 0.1) is 25.7 Å². The third-order valence-electron chi connectivity index (χ3n) is 6.36. The van der Waals surface area contributed by atoms with Crippen LogP contribution in [-0.2, 0) is 10.4 Å². The maximum Gasteiger partial charge on any atom is 0.306 e. The molecule has 0 radical (unpaired) electrons.